The summed E-state index contributed by atoms with van der Waals surface area (Å²) in [5.74, 6) is 2.16. The van der Waals surface area contributed by atoms with Crippen LogP contribution in [0.25, 0.3) is 23.0 Å². The molecule has 0 N–H and O–H groups in total. The second kappa shape index (κ2) is 6.49. The van der Waals surface area contributed by atoms with Gasteiger partial charge in [0.2, 0.25) is 12.6 Å². The van der Waals surface area contributed by atoms with E-state index in [1.807, 2.05) is 29.8 Å². The van der Waals surface area contributed by atoms with E-state index in [1.165, 1.54) is 5.56 Å². The van der Waals surface area contributed by atoms with Crippen LogP contribution in [0.1, 0.15) is 16.8 Å². The predicted octanol–water partition coefficient (Wildman–Crippen LogP) is 3.39. The summed E-state index contributed by atoms with van der Waals surface area (Å²) in [5, 5.41) is 12.6. The van der Waals surface area contributed by atoms with Crippen LogP contribution in [0.5, 0.6) is 11.5 Å². The largest absolute Gasteiger partial charge is 0.454 e. The summed E-state index contributed by atoms with van der Waals surface area (Å²) < 4.78 is 18.0. The zero-order valence-corrected chi connectivity index (χ0v) is 15.4. The molecule has 0 bridgehead atoms. The minimum Gasteiger partial charge on any atom is -0.454 e. The van der Waals surface area contributed by atoms with Crippen LogP contribution >= 0.6 is 0 Å². The van der Waals surface area contributed by atoms with Crippen LogP contribution in [0.4, 0.5) is 0 Å². The standard InChI is InChI=1S/C20H17N5O3/c1-12-3-5-14(6-4-12)10-25-13(2)18(22-24-25)19-21-20(28-23-19)15-7-8-16-17(9-15)27-11-26-16/h3-9H,10-11H2,1-2H3. The molecule has 2 aromatic carbocycles. The fourth-order valence-corrected chi connectivity index (χ4v) is 3.05. The number of aryl methyl sites for hydroxylation is 1. The maximum Gasteiger partial charge on any atom is 0.258 e. The third kappa shape index (κ3) is 2.88. The molecular weight excluding hydrogens is 358 g/mol. The monoisotopic (exact) mass is 375 g/mol. The number of aromatic nitrogens is 5. The molecule has 8 heteroatoms. The van der Waals surface area contributed by atoms with E-state index in [1.54, 1.807) is 0 Å². The number of hydrogen-bond donors (Lipinski definition) is 0. The molecule has 5 rings (SSSR count). The van der Waals surface area contributed by atoms with Gasteiger partial charge in [-0.15, -0.1) is 5.10 Å². The SMILES string of the molecule is Cc1ccc(Cn2nnc(-c3noc(-c4ccc5c(c4)OCO5)n3)c2C)cc1. The summed E-state index contributed by atoms with van der Waals surface area (Å²) in [6.07, 6.45) is 0. The molecule has 0 saturated heterocycles. The molecule has 0 atom stereocenters. The highest BCUT2D eigenvalue weighted by atomic mass is 16.7. The first-order valence-electron chi connectivity index (χ1n) is 8.87. The molecule has 28 heavy (non-hydrogen) atoms. The first kappa shape index (κ1) is 16.5. The Morgan fingerprint density at radius 3 is 2.68 bits per heavy atom. The Morgan fingerprint density at radius 1 is 1.00 bits per heavy atom. The van der Waals surface area contributed by atoms with Gasteiger partial charge >= 0.3 is 0 Å². The molecule has 3 heterocycles. The molecule has 1 aliphatic rings. The highest BCUT2D eigenvalue weighted by Gasteiger charge is 2.20. The van der Waals surface area contributed by atoms with Gasteiger partial charge in [-0.25, -0.2) is 4.68 Å². The number of ether oxygens (including phenoxy) is 2. The smallest absolute Gasteiger partial charge is 0.258 e. The summed E-state index contributed by atoms with van der Waals surface area (Å²) in [7, 11) is 0. The number of nitrogens with zero attached hydrogens (tertiary/aromatic N) is 5. The third-order valence-electron chi connectivity index (χ3n) is 4.69. The van der Waals surface area contributed by atoms with Crippen molar-refractivity contribution in [1.82, 2.24) is 25.1 Å². The molecule has 0 unspecified atom stereocenters. The Labute approximate surface area is 160 Å². The average molecular weight is 375 g/mol. The van der Waals surface area contributed by atoms with Gasteiger partial charge in [-0.05, 0) is 37.6 Å². The second-order valence-electron chi connectivity index (χ2n) is 6.66. The van der Waals surface area contributed by atoms with Gasteiger partial charge in [0.05, 0.1) is 12.2 Å². The van der Waals surface area contributed by atoms with Gasteiger partial charge in [0, 0.05) is 5.56 Å². The summed E-state index contributed by atoms with van der Waals surface area (Å²) in [6, 6.07) is 13.8. The van der Waals surface area contributed by atoms with E-state index in [9.17, 15) is 0 Å². The molecule has 0 spiro atoms. The van der Waals surface area contributed by atoms with Crippen LogP contribution < -0.4 is 9.47 Å². The van der Waals surface area contributed by atoms with Crippen LogP contribution in [0.3, 0.4) is 0 Å². The summed E-state index contributed by atoms with van der Waals surface area (Å²) in [4.78, 5) is 4.48. The second-order valence-corrected chi connectivity index (χ2v) is 6.66. The van der Waals surface area contributed by atoms with Crippen LogP contribution in [0, 0.1) is 13.8 Å². The zero-order chi connectivity index (χ0) is 19.1. The molecule has 140 valence electrons. The minimum absolute atomic E-state index is 0.219. The van der Waals surface area contributed by atoms with Crippen molar-refractivity contribution in [3.05, 3.63) is 59.3 Å². The molecule has 0 saturated carbocycles. The van der Waals surface area contributed by atoms with Crippen LogP contribution in [0.2, 0.25) is 0 Å². The van der Waals surface area contributed by atoms with Crippen LogP contribution in [-0.4, -0.2) is 31.9 Å². The van der Waals surface area contributed by atoms with Gasteiger partial charge in [-0.3, -0.25) is 0 Å². The molecule has 4 aromatic rings. The lowest BCUT2D eigenvalue weighted by Gasteiger charge is -2.04. The Kier molecular flexibility index (Phi) is 3.82. The molecule has 8 nitrogen and oxygen atoms in total. The summed E-state index contributed by atoms with van der Waals surface area (Å²) >= 11 is 0. The summed E-state index contributed by atoms with van der Waals surface area (Å²) in [6.45, 7) is 4.86. The van der Waals surface area contributed by atoms with Gasteiger partial charge in [0.25, 0.3) is 5.89 Å². The molecule has 1 aliphatic heterocycles. The molecule has 0 aliphatic carbocycles. The minimum atomic E-state index is 0.219. The van der Waals surface area contributed by atoms with Crippen molar-refractivity contribution < 1.29 is 14.0 Å². The topological polar surface area (TPSA) is 88.1 Å². The first-order chi connectivity index (χ1) is 13.7. The lowest BCUT2D eigenvalue weighted by atomic mass is 10.1. The maximum absolute atomic E-state index is 5.43. The van der Waals surface area contributed by atoms with E-state index in [0.717, 1.165) is 16.8 Å². The van der Waals surface area contributed by atoms with Crippen LogP contribution in [0.15, 0.2) is 47.0 Å². The van der Waals surface area contributed by atoms with Crippen molar-refractivity contribution in [3.8, 4) is 34.5 Å². The van der Waals surface area contributed by atoms with Gasteiger partial charge in [0.1, 0.15) is 0 Å². The van der Waals surface area contributed by atoms with Crippen molar-refractivity contribution in [1.29, 1.82) is 0 Å². The normalized spacial score (nSPS) is 12.5. The number of benzene rings is 2. The van der Waals surface area contributed by atoms with Crippen molar-refractivity contribution in [2.24, 2.45) is 0 Å². The van der Waals surface area contributed by atoms with Gasteiger partial charge in [0.15, 0.2) is 17.2 Å². The Bertz CT molecular complexity index is 1150. The lowest BCUT2D eigenvalue weighted by Crippen LogP contribution is -2.04. The summed E-state index contributed by atoms with van der Waals surface area (Å²) in [5.41, 5.74) is 4.61. The molecular formula is C20H17N5O3. The van der Waals surface area contributed by atoms with E-state index in [2.05, 4.69) is 51.6 Å². The van der Waals surface area contributed by atoms with Crippen molar-refractivity contribution in [2.45, 2.75) is 20.4 Å². The highest BCUT2D eigenvalue weighted by Crippen LogP contribution is 2.35. The fraction of sp³-hybridized carbons (Fsp3) is 0.200. The van der Waals surface area contributed by atoms with Crippen molar-refractivity contribution in [2.75, 3.05) is 6.79 Å². The third-order valence-corrected chi connectivity index (χ3v) is 4.69. The number of fused-ring (bicyclic) bond motifs is 1. The van der Waals surface area contributed by atoms with Gasteiger partial charge < -0.3 is 14.0 Å². The Hall–Kier alpha value is -3.68. The van der Waals surface area contributed by atoms with Gasteiger partial charge in [-0.1, -0.05) is 40.2 Å². The van der Waals surface area contributed by atoms with Crippen LogP contribution in [-0.2, 0) is 6.54 Å². The van der Waals surface area contributed by atoms with Crippen molar-refractivity contribution in [3.63, 3.8) is 0 Å². The van der Waals surface area contributed by atoms with Crippen molar-refractivity contribution >= 4 is 0 Å². The molecule has 0 fully saturated rings. The predicted molar refractivity (Wildman–Crippen MR) is 99.9 cm³/mol. The van der Waals surface area contributed by atoms with E-state index in [4.69, 9.17) is 14.0 Å². The average Bonchev–Trinajstić information content (AvgIpc) is 3.43. The quantitative estimate of drug-likeness (QED) is 0.540. The Balaban J connectivity index is 1.41. The van der Waals surface area contributed by atoms with E-state index >= 15 is 0 Å². The number of hydrogen-bond acceptors (Lipinski definition) is 7. The van der Waals surface area contributed by atoms with E-state index in [-0.39, 0.29) is 6.79 Å². The maximum atomic E-state index is 5.43. The van der Waals surface area contributed by atoms with Gasteiger partial charge in [-0.2, -0.15) is 4.98 Å². The molecule has 0 radical (unpaired) electrons. The fourth-order valence-electron chi connectivity index (χ4n) is 3.05. The van der Waals surface area contributed by atoms with E-state index < -0.39 is 0 Å². The Morgan fingerprint density at radius 2 is 1.82 bits per heavy atom. The molecule has 0 amide bonds. The molecule has 2 aromatic heterocycles. The lowest BCUT2D eigenvalue weighted by molar-refractivity contribution is 0.174. The zero-order valence-electron chi connectivity index (χ0n) is 15.4. The highest BCUT2D eigenvalue weighted by molar-refractivity contribution is 5.62. The first-order valence-corrected chi connectivity index (χ1v) is 8.87. The number of rotatable bonds is 4. The van der Waals surface area contributed by atoms with E-state index in [0.29, 0.717) is 35.5 Å².